The van der Waals surface area contributed by atoms with E-state index in [2.05, 4.69) is 50.9 Å². The van der Waals surface area contributed by atoms with E-state index in [9.17, 15) is 0 Å². The third-order valence-electron chi connectivity index (χ3n) is 7.20. The van der Waals surface area contributed by atoms with Gasteiger partial charge in [-0.1, -0.05) is 49.9 Å². The summed E-state index contributed by atoms with van der Waals surface area (Å²) in [6.45, 7) is 15.7. The molecule has 2 aromatic rings. The van der Waals surface area contributed by atoms with Gasteiger partial charge in [-0.3, -0.25) is 0 Å². The van der Waals surface area contributed by atoms with Crippen LogP contribution in [0.3, 0.4) is 0 Å². The highest BCUT2D eigenvalue weighted by Crippen LogP contribution is 2.34. The predicted molar refractivity (Wildman–Crippen MR) is 165 cm³/mol. The average molecular weight is 568 g/mol. The molecule has 0 saturated carbocycles. The highest BCUT2D eigenvalue weighted by Gasteiger charge is 2.38. The van der Waals surface area contributed by atoms with Gasteiger partial charge in [0.25, 0.3) is 0 Å². The minimum atomic E-state index is -1.57. The number of benzene rings is 2. The zero-order chi connectivity index (χ0) is 28.2. The summed E-state index contributed by atoms with van der Waals surface area (Å²) in [5.41, 5.74) is 3.16. The van der Waals surface area contributed by atoms with Gasteiger partial charge in [0.2, 0.25) is 0 Å². The fourth-order valence-corrected chi connectivity index (χ4v) is 13.3. The number of hydrogen-bond donors (Lipinski definition) is 0. The minimum absolute atomic E-state index is 0.245. The molecule has 39 heavy (non-hydrogen) atoms. The molecule has 0 bridgehead atoms. The molecule has 2 aromatic carbocycles. The molecule has 0 unspecified atom stereocenters. The first-order valence-electron chi connectivity index (χ1n) is 14.7. The molecule has 0 aromatic heterocycles. The van der Waals surface area contributed by atoms with E-state index in [1.807, 2.05) is 36.4 Å². The Morgan fingerprint density at radius 1 is 0.795 bits per heavy atom. The van der Waals surface area contributed by atoms with Gasteiger partial charge in [0.15, 0.2) is 16.6 Å². The second-order valence-electron chi connectivity index (χ2n) is 12.7. The number of ether oxygens (including phenoxy) is 3. The van der Waals surface area contributed by atoms with Crippen LogP contribution < -0.4 is 4.74 Å². The van der Waals surface area contributed by atoms with E-state index >= 15 is 0 Å². The Bertz CT molecular complexity index is 1020. The maximum Gasteiger partial charge on any atom is 0.173 e. The van der Waals surface area contributed by atoms with Crippen LogP contribution in [0.15, 0.2) is 48.5 Å². The van der Waals surface area contributed by atoms with Crippen molar-refractivity contribution in [1.82, 2.24) is 0 Å². The third-order valence-corrected chi connectivity index (χ3v) is 13.4. The molecular weight excluding hydrogens is 519 g/mol. The molecule has 0 radical (unpaired) electrons. The quantitative estimate of drug-likeness (QED) is 0.134. The monoisotopic (exact) mass is 567 g/mol. The summed E-state index contributed by atoms with van der Waals surface area (Å²) < 4.78 is 24.1. The van der Waals surface area contributed by atoms with Crippen LogP contribution in [0.25, 0.3) is 11.1 Å². The number of unbranched alkanes of at least 4 members (excludes halogenated alkanes) is 4. The summed E-state index contributed by atoms with van der Waals surface area (Å²) in [5.74, 6) is 0.911. The number of rotatable bonds is 18. The van der Waals surface area contributed by atoms with Crippen molar-refractivity contribution in [3.8, 4) is 22.9 Å². The van der Waals surface area contributed by atoms with Gasteiger partial charge < -0.3 is 18.3 Å². The number of nitrogens with zero attached hydrogens (tertiary/aromatic N) is 1. The van der Waals surface area contributed by atoms with Crippen LogP contribution in [0.2, 0.25) is 38.8 Å². The van der Waals surface area contributed by atoms with Crippen LogP contribution in [-0.2, 0) is 13.6 Å². The lowest BCUT2D eigenvalue weighted by Crippen LogP contribution is -2.46. The van der Waals surface area contributed by atoms with E-state index < -0.39 is 16.6 Å². The maximum absolute atomic E-state index is 8.95. The smallest absolute Gasteiger partial charge is 0.173 e. The standard InChI is InChI=1S/C32H49NO4Si2/c1-38(2,3)37-39(4,5)23-11-21-34-25-32(26-35-27-32)20-9-7-6-8-10-22-36-31-18-16-30(17-19-31)29-14-12-28(24-33)13-15-29/h12-19H,6-11,20-23,25-27H2,1-5H3. The van der Waals surface area contributed by atoms with Crippen molar-refractivity contribution in [2.75, 3.05) is 33.0 Å². The third kappa shape index (κ3) is 11.6. The average Bonchev–Trinajstić information content (AvgIpc) is 2.87. The van der Waals surface area contributed by atoms with Gasteiger partial charge in [-0.15, -0.1) is 0 Å². The summed E-state index contributed by atoms with van der Waals surface area (Å²) in [5, 5.41) is 8.95. The van der Waals surface area contributed by atoms with E-state index in [4.69, 9.17) is 23.6 Å². The Labute approximate surface area is 239 Å². The lowest BCUT2D eigenvalue weighted by atomic mass is 9.81. The Morgan fingerprint density at radius 2 is 1.41 bits per heavy atom. The fraction of sp³-hybridized carbons (Fsp3) is 0.594. The largest absolute Gasteiger partial charge is 0.494 e. The molecule has 1 aliphatic heterocycles. The van der Waals surface area contributed by atoms with Gasteiger partial charge in [0.05, 0.1) is 38.1 Å². The number of nitriles is 1. The predicted octanol–water partition coefficient (Wildman–Crippen LogP) is 8.42. The summed E-state index contributed by atoms with van der Waals surface area (Å²) in [6, 6.07) is 19.2. The second-order valence-corrected chi connectivity index (χ2v) is 21.8. The maximum atomic E-state index is 8.95. The van der Waals surface area contributed by atoms with Gasteiger partial charge in [-0.05, 0) is 93.4 Å². The second kappa shape index (κ2) is 15.2. The van der Waals surface area contributed by atoms with Gasteiger partial charge in [0.1, 0.15) is 5.75 Å². The molecule has 0 amide bonds. The Kier molecular flexibility index (Phi) is 12.3. The van der Waals surface area contributed by atoms with Crippen LogP contribution in [-0.4, -0.2) is 49.7 Å². The molecule has 7 heteroatoms. The molecule has 1 fully saturated rings. The summed E-state index contributed by atoms with van der Waals surface area (Å²) >= 11 is 0. The van der Waals surface area contributed by atoms with Crippen LogP contribution >= 0.6 is 0 Å². The zero-order valence-electron chi connectivity index (χ0n) is 24.9. The number of hydrogen-bond acceptors (Lipinski definition) is 5. The first kappa shape index (κ1) is 31.6. The molecule has 0 spiro atoms. The Balaban J connectivity index is 1.22. The van der Waals surface area contributed by atoms with Crippen molar-refractivity contribution in [1.29, 1.82) is 5.26 Å². The molecule has 1 saturated heterocycles. The molecule has 0 atom stereocenters. The summed E-state index contributed by atoms with van der Waals surface area (Å²) in [7, 11) is -3.02. The van der Waals surface area contributed by atoms with Crippen molar-refractivity contribution in [3.05, 3.63) is 54.1 Å². The molecule has 0 N–H and O–H groups in total. The Hall–Kier alpha value is -1.96. The first-order chi connectivity index (χ1) is 18.6. The SMILES string of the molecule is C[Si](C)(C)O[Si](C)(C)CCCOCC1(CCCCCCCOc2ccc(-c3ccc(C#N)cc3)cc2)COC1. The molecule has 0 aliphatic carbocycles. The van der Waals surface area contributed by atoms with Crippen LogP contribution in [0.4, 0.5) is 0 Å². The fourth-order valence-electron chi connectivity index (χ4n) is 5.26. The van der Waals surface area contributed by atoms with Crippen LogP contribution in [0.1, 0.15) is 50.5 Å². The lowest BCUT2D eigenvalue weighted by molar-refractivity contribution is -0.153. The summed E-state index contributed by atoms with van der Waals surface area (Å²) in [4.78, 5) is 0. The van der Waals surface area contributed by atoms with Crippen LogP contribution in [0.5, 0.6) is 5.75 Å². The van der Waals surface area contributed by atoms with Crippen LogP contribution in [0, 0.1) is 16.7 Å². The van der Waals surface area contributed by atoms with Crippen molar-refractivity contribution in [3.63, 3.8) is 0 Å². The zero-order valence-corrected chi connectivity index (χ0v) is 26.9. The van der Waals surface area contributed by atoms with Gasteiger partial charge in [0, 0.05) is 12.0 Å². The van der Waals surface area contributed by atoms with E-state index in [1.165, 1.54) is 38.1 Å². The highest BCUT2D eigenvalue weighted by molar-refractivity contribution is 6.84. The van der Waals surface area contributed by atoms with Gasteiger partial charge >= 0.3 is 0 Å². The van der Waals surface area contributed by atoms with Crippen molar-refractivity contribution < 1.29 is 18.3 Å². The summed E-state index contributed by atoms with van der Waals surface area (Å²) in [6.07, 6.45) is 8.33. The van der Waals surface area contributed by atoms with Gasteiger partial charge in [-0.2, -0.15) is 5.26 Å². The molecule has 1 aliphatic rings. The molecule has 3 rings (SSSR count). The van der Waals surface area contributed by atoms with Gasteiger partial charge in [-0.25, -0.2) is 0 Å². The van der Waals surface area contributed by atoms with E-state index in [1.54, 1.807) is 0 Å². The Morgan fingerprint density at radius 3 is 2.00 bits per heavy atom. The van der Waals surface area contributed by atoms with Crippen molar-refractivity contribution >= 4 is 16.6 Å². The normalized spacial score (nSPS) is 15.0. The lowest BCUT2D eigenvalue weighted by Gasteiger charge is -2.41. The molecular formula is C32H49NO4Si2. The van der Waals surface area contributed by atoms with E-state index in [0.29, 0.717) is 5.56 Å². The highest BCUT2D eigenvalue weighted by atomic mass is 28.4. The molecule has 5 nitrogen and oxygen atoms in total. The van der Waals surface area contributed by atoms with Crippen molar-refractivity contribution in [2.24, 2.45) is 5.41 Å². The minimum Gasteiger partial charge on any atom is -0.494 e. The first-order valence-corrected chi connectivity index (χ1v) is 21.2. The molecule has 214 valence electrons. The topological polar surface area (TPSA) is 60.7 Å². The molecule has 1 heterocycles. The van der Waals surface area contributed by atoms with E-state index in [0.717, 1.165) is 62.8 Å². The van der Waals surface area contributed by atoms with E-state index in [-0.39, 0.29) is 5.41 Å². The van der Waals surface area contributed by atoms with Crippen molar-refractivity contribution in [2.45, 2.75) is 83.7 Å².